The molecular formula is C101H99Cl3N10O20S5. The molecule has 0 fully saturated rings. The van der Waals surface area contributed by atoms with Crippen molar-refractivity contribution in [1.82, 2.24) is 21.5 Å². The van der Waals surface area contributed by atoms with E-state index in [-0.39, 0.29) is 57.3 Å². The number of rotatable bonds is 10. The number of hydrogen-bond acceptors (Lipinski definition) is 20. The number of benzene rings is 10. The number of anilines is 5. The molecule has 0 saturated heterocycles. The van der Waals surface area contributed by atoms with Gasteiger partial charge in [-0.25, -0.2) is 63.6 Å². The van der Waals surface area contributed by atoms with E-state index in [9.17, 15) is 90.0 Å². The predicted molar refractivity (Wildman–Crippen MR) is 524 cm³/mol. The fraction of sp³-hybridized carbons (Fsp3) is 0.307. The number of nitrogens with one attached hydrogen (secondary N) is 5. The molecule has 0 radical (unpaired) electrons. The molecule has 5 aliphatic carbocycles. The third-order valence-corrected chi connectivity index (χ3v) is 37.1. The van der Waals surface area contributed by atoms with E-state index in [1.807, 2.05) is 37.3 Å². The van der Waals surface area contributed by atoms with Gasteiger partial charge in [0, 0.05) is 68.7 Å². The lowest BCUT2D eigenvalue weighted by Crippen LogP contribution is -2.46. The molecule has 30 nitrogen and oxygen atoms in total. The highest BCUT2D eigenvalue weighted by atomic mass is 35.5. The largest absolute Gasteiger partial charge is 0.325 e. The number of aryl methyl sites for hydroxylation is 10. The topological polar surface area (TPSA) is 418 Å². The first-order valence-corrected chi connectivity index (χ1v) is 53.7. The van der Waals surface area contributed by atoms with Gasteiger partial charge in [-0.2, -0.15) is 0 Å². The van der Waals surface area contributed by atoms with E-state index in [2.05, 4.69) is 26.6 Å². The molecule has 5 N–H and O–H groups in total. The van der Waals surface area contributed by atoms with Gasteiger partial charge in [0.2, 0.25) is 29.5 Å². The van der Waals surface area contributed by atoms with Crippen LogP contribution in [0.3, 0.4) is 0 Å². The van der Waals surface area contributed by atoms with Crippen molar-refractivity contribution in [3.8, 4) is 0 Å². The van der Waals surface area contributed by atoms with Crippen LogP contribution in [0.1, 0.15) is 183 Å². The molecule has 5 heterocycles. The van der Waals surface area contributed by atoms with E-state index in [1.165, 1.54) is 47.4 Å². The first kappa shape index (κ1) is 99.5. The Hall–Kier alpha value is -12.5. The summed E-state index contributed by atoms with van der Waals surface area (Å²) >= 11 is 17.8. The van der Waals surface area contributed by atoms with Gasteiger partial charge in [-0.1, -0.05) is 125 Å². The molecule has 5 atom stereocenters. The van der Waals surface area contributed by atoms with Crippen LogP contribution in [-0.4, -0.2) is 158 Å². The minimum Gasteiger partial charge on any atom is -0.325 e. The van der Waals surface area contributed by atoms with Crippen molar-refractivity contribution in [3.05, 3.63) is 292 Å². The van der Waals surface area contributed by atoms with Gasteiger partial charge in [0.15, 0.2) is 0 Å². The van der Waals surface area contributed by atoms with E-state index in [0.717, 1.165) is 183 Å². The van der Waals surface area contributed by atoms with Gasteiger partial charge >= 0.3 is 0 Å². The summed E-state index contributed by atoms with van der Waals surface area (Å²) in [6.07, 6.45) is 17.9. The zero-order chi connectivity index (χ0) is 99.4. The van der Waals surface area contributed by atoms with E-state index in [0.29, 0.717) is 66.4 Å². The van der Waals surface area contributed by atoms with Crippen molar-refractivity contribution in [2.45, 2.75) is 189 Å². The molecule has 10 amide bonds. The van der Waals surface area contributed by atoms with Crippen molar-refractivity contribution < 1.29 is 90.0 Å². The second-order valence-corrected chi connectivity index (χ2v) is 46.6. The number of nitrogens with zero attached hydrogens (tertiary/aromatic N) is 5. The predicted octanol–water partition coefficient (Wildman–Crippen LogP) is 14.5. The maximum Gasteiger partial charge on any atom is 0.266 e. The maximum atomic E-state index is 13.0. The summed E-state index contributed by atoms with van der Waals surface area (Å²) in [5.74, 6) is -12.5. The van der Waals surface area contributed by atoms with Crippen LogP contribution < -0.4 is 26.6 Å². The first-order valence-electron chi connectivity index (χ1n) is 45.4. The SMILES string of the molecule is CN1C(=O)C(C(=O)Nc2ccc(Cl)c(Cl)c2)c2cc3c(cc2S1(=O)=O)CCCC3.CN1C(=O)C(C(=O)Nc2ccc(Cl)cc2)c2ccc3c(c2S1(=O)=O)CCCC3.CN1C(=O)C(C(=O)Nc2ccccc2)c2cc3c(cc2S1(=O)=O)CCCC3.CN1C(=O)C(C(=O)Nc2ccccc2)c2cc3c(cc2S1(=O)=O)CCCC3.Cc1ccc(NC(=O)C2C(=O)N(C)S(=O)(=O)c3cc4c(cc32)CCCC4)cc1. The van der Waals surface area contributed by atoms with Crippen LogP contribution in [0.25, 0.3) is 0 Å². The smallest absolute Gasteiger partial charge is 0.266 e. The van der Waals surface area contributed by atoms with Gasteiger partial charge in [-0.3, -0.25) is 47.9 Å². The van der Waals surface area contributed by atoms with Gasteiger partial charge in [0.1, 0.15) is 29.6 Å². The molecule has 139 heavy (non-hydrogen) atoms. The summed E-state index contributed by atoms with van der Waals surface area (Å²) in [5.41, 5.74) is 14.7. The van der Waals surface area contributed by atoms with E-state index < -0.39 is 139 Å². The number of likely N-dealkylation sites (N-methyl/N-ethyl adjacent to an activating group) is 5. The van der Waals surface area contributed by atoms with Crippen molar-refractivity contribution in [2.75, 3.05) is 61.8 Å². The average molecular weight is 2040 g/mol. The van der Waals surface area contributed by atoms with Gasteiger partial charge in [0.05, 0.1) is 34.5 Å². The van der Waals surface area contributed by atoms with Crippen molar-refractivity contribution in [1.29, 1.82) is 0 Å². The number of amides is 10. The first-order chi connectivity index (χ1) is 66.1. The fourth-order valence-corrected chi connectivity index (χ4v) is 27.0. The Bertz CT molecular complexity index is 7150. The van der Waals surface area contributed by atoms with E-state index in [1.54, 1.807) is 146 Å². The Morgan fingerprint density at radius 3 is 0.827 bits per heavy atom. The minimum atomic E-state index is -3.99. The number of carbonyl (C=O) groups is 10. The van der Waals surface area contributed by atoms with Gasteiger partial charge in [-0.15, -0.1) is 0 Å². The van der Waals surface area contributed by atoms with Gasteiger partial charge < -0.3 is 26.6 Å². The number of para-hydroxylation sites is 2. The second-order valence-electron chi connectivity index (χ2n) is 35.7. The van der Waals surface area contributed by atoms with E-state index >= 15 is 0 Å². The van der Waals surface area contributed by atoms with Gasteiger partial charge in [-0.05, 0) is 322 Å². The summed E-state index contributed by atoms with van der Waals surface area (Å²) in [7, 11) is -13.8. The molecule has 10 aromatic rings. The fourth-order valence-electron chi connectivity index (χ4n) is 19.3. The number of fused-ring (bicyclic) bond motifs is 11. The number of hydrogen-bond donors (Lipinski definition) is 5. The van der Waals surface area contributed by atoms with E-state index in [4.69, 9.17) is 34.8 Å². The lowest BCUT2D eigenvalue weighted by atomic mass is 9.86. The standard InChI is InChI=1S/C21H22N2O4S.C20H18Cl2N2O4S.C20H19ClN2O4S.2C20H20N2O4S/c1-13-7-9-16(10-8-13)22-20(24)19-17-11-14-5-3-4-6-15(14)12-18(17)28(26,27)23(2)21(19)25;1-24-20(26)18(19(25)23-13-6-7-15(21)16(22)10-13)14-8-11-4-2-3-5-12(11)9-17(14)29(24,27)28;1-23-20(25)17(19(24)22-14-9-7-13(21)8-10-14)16-11-6-12-4-2-3-5-15(12)18(16)28(23,26)27;2*1-22-20(24)18(19(23)21-15-9-3-2-4-10-15)16-11-13-7-5-6-8-14(13)12-17(16)27(22,25)26/h7-12,19H,3-6H2,1-2H3,(H,22,24);6-10,18H,2-5H2,1H3,(H,23,25);6-11,17H,2-5H2,1H3,(H,22,24);2*2-4,9-12,18H,5-8H2,1H3,(H,21,23). The highest BCUT2D eigenvalue weighted by Gasteiger charge is 2.52. The van der Waals surface area contributed by atoms with Crippen LogP contribution in [-0.2, 0) is 162 Å². The molecule has 724 valence electrons. The molecule has 10 aromatic carbocycles. The van der Waals surface area contributed by atoms with Crippen molar-refractivity contribution in [2.24, 2.45) is 0 Å². The zero-order valence-electron chi connectivity index (χ0n) is 76.5. The quantitative estimate of drug-likeness (QED) is 0.0794. The van der Waals surface area contributed by atoms with Crippen LogP contribution >= 0.6 is 34.8 Å². The zero-order valence-corrected chi connectivity index (χ0v) is 82.9. The molecule has 0 saturated carbocycles. The van der Waals surface area contributed by atoms with Crippen LogP contribution in [0, 0.1) is 6.92 Å². The summed E-state index contributed by atoms with van der Waals surface area (Å²) in [6.45, 7) is 1.94. The minimum absolute atomic E-state index is 0.0227. The number of sulfonamides is 5. The highest BCUT2D eigenvalue weighted by molar-refractivity contribution is 7.91. The molecule has 38 heteroatoms. The molecular weight excluding hydrogens is 1940 g/mol. The molecule has 5 unspecified atom stereocenters. The van der Waals surface area contributed by atoms with Crippen LogP contribution in [0.2, 0.25) is 15.1 Å². The Morgan fingerprint density at radius 1 is 0.266 bits per heavy atom. The molecule has 0 spiro atoms. The Morgan fingerprint density at radius 2 is 0.518 bits per heavy atom. The molecule has 10 aliphatic rings. The van der Waals surface area contributed by atoms with Crippen LogP contribution in [0.5, 0.6) is 0 Å². The monoisotopic (exact) mass is 2040 g/mol. The highest BCUT2D eigenvalue weighted by Crippen LogP contribution is 2.46. The van der Waals surface area contributed by atoms with Crippen molar-refractivity contribution >= 4 is 172 Å². The third kappa shape index (κ3) is 19.6. The summed E-state index contributed by atoms with van der Waals surface area (Å²) in [5, 5.41) is 14.7. The summed E-state index contributed by atoms with van der Waals surface area (Å²) in [4.78, 5) is 129. The second kappa shape index (κ2) is 40.0. The molecule has 0 aromatic heterocycles. The average Bonchev–Trinajstić information content (AvgIpc) is 0.717. The summed E-state index contributed by atoms with van der Waals surface area (Å²) in [6, 6.07) is 53.0. The number of halogens is 3. The van der Waals surface area contributed by atoms with Crippen molar-refractivity contribution in [3.63, 3.8) is 0 Å². The normalized spacial score (nSPS) is 20.3. The van der Waals surface area contributed by atoms with Crippen LogP contribution in [0.15, 0.2) is 213 Å². The lowest BCUT2D eigenvalue weighted by Gasteiger charge is -2.33. The molecule has 20 rings (SSSR count). The summed E-state index contributed by atoms with van der Waals surface area (Å²) < 4.78 is 132. The Kier molecular flexibility index (Phi) is 28.7. The third-order valence-electron chi connectivity index (χ3n) is 26.9. The maximum absolute atomic E-state index is 13.0. The molecule has 0 bridgehead atoms. The molecule has 5 aliphatic heterocycles. The van der Waals surface area contributed by atoms with Crippen LogP contribution in [0.4, 0.5) is 28.4 Å². The Balaban J connectivity index is 0.000000125. The van der Waals surface area contributed by atoms with Gasteiger partial charge in [0.25, 0.3) is 79.7 Å². The Labute approximate surface area is 821 Å². The lowest BCUT2D eigenvalue weighted by molar-refractivity contribution is -0.134. The number of carbonyl (C=O) groups excluding carboxylic acids is 10.